The number of aromatic nitrogens is 3. The van der Waals surface area contributed by atoms with Crippen LogP contribution < -0.4 is 11.0 Å². The second-order valence-corrected chi connectivity index (χ2v) is 5.88. The molecule has 1 fully saturated rings. The quantitative estimate of drug-likeness (QED) is 0.698. The van der Waals surface area contributed by atoms with Crippen molar-refractivity contribution in [1.29, 1.82) is 0 Å². The molecule has 9 nitrogen and oxygen atoms in total. The van der Waals surface area contributed by atoms with Crippen LogP contribution in [0, 0.1) is 6.92 Å². The van der Waals surface area contributed by atoms with Gasteiger partial charge in [-0.25, -0.2) is 9.89 Å². The van der Waals surface area contributed by atoms with Gasteiger partial charge in [0.15, 0.2) is 6.10 Å². The van der Waals surface area contributed by atoms with Gasteiger partial charge in [0.1, 0.15) is 12.4 Å². The summed E-state index contributed by atoms with van der Waals surface area (Å²) in [5, 5.41) is 8.65. The number of benzene rings is 1. The Morgan fingerprint density at radius 1 is 1.40 bits per heavy atom. The third kappa shape index (κ3) is 3.45. The number of likely N-dealkylation sites (N-methyl/N-ethyl adjacent to an activating group) is 1. The highest BCUT2D eigenvalue weighted by Gasteiger charge is 2.40. The fourth-order valence-electron chi connectivity index (χ4n) is 2.88. The van der Waals surface area contributed by atoms with Crippen LogP contribution in [0.4, 0.5) is 0 Å². The van der Waals surface area contributed by atoms with E-state index in [0.29, 0.717) is 5.82 Å². The Kier molecular flexibility index (Phi) is 4.66. The Balaban J connectivity index is 1.81. The summed E-state index contributed by atoms with van der Waals surface area (Å²) in [6.45, 7) is 1.82. The maximum Gasteiger partial charge on any atom is 0.340 e. The van der Waals surface area contributed by atoms with Gasteiger partial charge in [0.05, 0.1) is 12.6 Å². The van der Waals surface area contributed by atoms with Crippen molar-refractivity contribution in [3.8, 4) is 0 Å². The minimum atomic E-state index is -0.852. The largest absolute Gasteiger partial charge is 0.356 e. The van der Waals surface area contributed by atoms with Crippen LogP contribution in [-0.2, 0) is 20.9 Å². The molecule has 0 unspecified atom stereocenters. The van der Waals surface area contributed by atoms with Crippen LogP contribution in [0.2, 0.25) is 0 Å². The van der Waals surface area contributed by atoms with Crippen molar-refractivity contribution in [2.75, 3.05) is 13.7 Å². The molecular weight excluding hydrogens is 326 g/mol. The first-order valence-corrected chi connectivity index (χ1v) is 7.81. The number of nitrogens with zero attached hydrogens (tertiary/aromatic N) is 2. The van der Waals surface area contributed by atoms with Gasteiger partial charge in [-0.05, 0) is 18.1 Å². The SMILES string of the molecule is Cc1ccccc1[C@@H]1[C@@H](C(=O)NCc2n[nH]c(=O)[nH]2)OCC(=O)N1C. The summed E-state index contributed by atoms with van der Waals surface area (Å²) >= 11 is 0. The van der Waals surface area contributed by atoms with Gasteiger partial charge >= 0.3 is 5.69 Å². The molecular formula is C16H19N5O4. The molecule has 2 aromatic rings. The van der Waals surface area contributed by atoms with E-state index in [-0.39, 0.29) is 25.0 Å². The first-order valence-electron chi connectivity index (χ1n) is 7.81. The van der Waals surface area contributed by atoms with Crippen LogP contribution in [0.1, 0.15) is 23.0 Å². The zero-order valence-electron chi connectivity index (χ0n) is 13.9. The van der Waals surface area contributed by atoms with Gasteiger partial charge < -0.3 is 15.0 Å². The summed E-state index contributed by atoms with van der Waals surface area (Å²) in [4.78, 5) is 39.7. The zero-order valence-corrected chi connectivity index (χ0v) is 13.9. The van der Waals surface area contributed by atoms with Gasteiger partial charge in [-0.1, -0.05) is 24.3 Å². The van der Waals surface area contributed by atoms with Gasteiger partial charge in [-0.3, -0.25) is 14.6 Å². The van der Waals surface area contributed by atoms with Gasteiger partial charge in [-0.15, -0.1) is 0 Å². The minimum Gasteiger partial charge on any atom is -0.356 e. The predicted molar refractivity (Wildman–Crippen MR) is 87.5 cm³/mol. The molecule has 2 heterocycles. The molecule has 1 saturated heterocycles. The smallest absolute Gasteiger partial charge is 0.340 e. The Bertz CT molecular complexity index is 843. The summed E-state index contributed by atoms with van der Waals surface area (Å²) in [5.41, 5.74) is 1.37. The fraction of sp³-hybridized carbons (Fsp3) is 0.375. The maximum atomic E-state index is 12.6. The molecule has 0 bridgehead atoms. The maximum absolute atomic E-state index is 12.6. The number of aryl methyl sites for hydroxylation is 1. The first-order chi connectivity index (χ1) is 12.0. The molecule has 132 valence electrons. The molecule has 2 atom stereocenters. The number of rotatable bonds is 4. The second kappa shape index (κ2) is 6.89. The molecule has 1 aromatic heterocycles. The van der Waals surface area contributed by atoms with Crippen LogP contribution in [-0.4, -0.2) is 51.7 Å². The minimum absolute atomic E-state index is 0.0512. The van der Waals surface area contributed by atoms with E-state index >= 15 is 0 Å². The van der Waals surface area contributed by atoms with Crippen molar-refractivity contribution in [3.63, 3.8) is 0 Å². The third-order valence-corrected chi connectivity index (χ3v) is 4.23. The number of ether oxygens (including phenoxy) is 1. The highest BCUT2D eigenvalue weighted by molar-refractivity contribution is 5.86. The molecule has 0 radical (unpaired) electrons. The number of nitrogens with one attached hydrogen (secondary N) is 3. The van der Waals surface area contributed by atoms with Crippen molar-refractivity contribution < 1.29 is 14.3 Å². The van der Waals surface area contributed by atoms with Crippen LogP contribution in [0.5, 0.6) is 0 Å². The van der Waals surface area contributed by atoms with E-state index in [0.717, 1.165) is 11.1 Å². The fourth-order valence-corrected chi connectivity index (χ4v) is 2.88. The number of H-pyrrole nitrogens is 2. The number of amides is 2. The molecule has 1 aliphatic heterocycles. The average Bonchev–Trinajstić information content (AvgIpc) is 3.01. The lowest BCUT2D eigenvalue weighted by Gasteiger charge is -2.38. The van der Waals surface area contributed by atoms with Gasteiger partial charge in [0.25, 0.3) is 5.91 Å². The number of hydrogen-bond acceptors (Lipinski definition) is 5. The number of aromatic amines is 2. The zero-order chi connectivity index (χ0) is 18.0. The Morgan fingerprint density at radius 3 is 2.84 bits per heavy atom. The first kappa shape index (κ1) is 16.9. The second-order valence-electron chi connectivity index (χ2n) is 5.88. The molecule has 0 aliphatic carbocycles. The summed E-state index contributed by atoms with van der Waals surface area (Å²) < 4.78 is 5.53. The molecule has 0 saturated carbocycles. The summed E-state index contributed by atoms with van der Waals surface area (Å²) in [5.74, 6) is -0.253. The van der Waals surface area contributed by atoms with Crippen molar-refractivity contribution >= 4 is 11.8 Å². The lowest BCUT2D eigenvalue weighted by molar-refractivity contribution is -0.162. The van der Waals surface area contributed by atoms with Gasteiger partial charge in [-0.2, -0.15) is 5.10 Å². The molecule has 2 amide bonds. The van der Waals surface area contributed by atoms with E-state index in [1.807, 2.05) is 31.2 Å². The van der Waals surface area contributed by atoms with E-state index in [9.17, 15) is 14.4 Å². The van der Waals surface area contributed by atoms with Crippen LogP contribution in [0.25, 0.3) is 0 Å². The Labute approximate surface area is 143 Å². The van der Waals surface area contributed by atoms with E-state index in [2.05, 4.69) is 20.5 Å². The van der Waals surface area contributed by atoms with E-state index in [1.165, 1.54) is 4.90 Å². The van der Waals surface area contributed by atoms with Crippen molar-refractivity contribution in [2.24, 2.45) is 0 Å². The lowest BCUT2D eigenvalue weighted by atomic mass is 9.94. The predicted octanol–water partition coefficient (Wildman–Crippen LogP) is -0.379. The average molecular weight is 345 g/mol. The number of carbonyl (C=O) groups is 2. The number of morpholine rings is 1. The van der Waals surface area contributed by atoms with Gasteiger partial charge in [0, 0.05) is 7.05 Å². The van der Waals surface area contributed by atoms with Crippen molar-refractivity contribution in [1.82, 2.24) is 25.4 Å². The molecule has 3 N–H and O–H groups in total. The van der Waals surface area contributed by atoms with E-state index in [1.54, 1.807) is 7.05 Å². The Hall–Kier alpha value is -2.94. The molecule has 0 spiro atoms. The summed E-state index contributed by atoms with van der Waals surface area (Å²) in [6, 6.07) is 7.03. The highest BCUT2D eigenvalue weighted by Crippen LogP contribution is 2.31. The van der Waals surface area contributed by atoms with Crippen molar-refractivity contribution in [3.05, 3.63) is 51.7 Å². The standard InChI is InChI=1S/C16H19N5O4/c1-9-5-3-4-6-10(9)13-14(25-8-12(22)21(13)2)15(23)17-7-11-18-16(24)20-19-11/h3-6,13-14H,7-8H2,1-2H3,(H,17,23)(H2,18,19,20,24)/t13-,14+/m1/s1. The highest BCUT2D eigenvalue weighted by atomic mass is 16.5. The molecule has 1 aliphatic rings. The molecule has 1 aromatic carbocycles. The summed E-state index contributed by atoms with van der Waals surface area (Å²) in [6.07, 6.45) is -0.852. The number of hydrogen-bond donors (Lipinski definition) is 3. The summed E-state index contributed by atoms with van der Waals surface area (Å²) in [7, 11) is 1.66. The van der Waals surface area contributed by atoms with Gasteiger partial charge in [0.2, 0.25) is 5.91 Å². The third-order valence-electron chi connectivity index (χ3n) is 4.23. The van der Waals surface area contributed by atoms with E-state index < -0.39 is 17.8 Å². The van der Waals surface area contributed by atoms with Crippen LogP contribution in [0.15, 0.2) is 29.1 Å². The number of carbonyl (C=O) groups excluding carboxylic acids is 2. The molecule has 9 heteroatoms. The molecule has 25 heavy (non-hydrogen) atoms. The van der Waals surface area contributed by atoms with Crippen molar-refractivity contribution in [2.45, 2.75) is 25.6 Å². The lowest BCUT2D eigenvalue weighted by Crippen LogP contribution is -2.53. The topological polar surface area (TPSA) is 120 Å². The monoisotopic (exact) mass is 345 g/mol. The Morgan fingerprint density at radius 2 is 2.16 bits per heavy atom. The normalized spacial score (nSPS) is 20.6. The van der Waals surface area contributed by atoms with Crippen LogP contribution in [0.3, 0.4) is 0 Å². The van der Waals surface area contributed by atoms with Crippen LogP contribution >= 0.6 is 0 Å². The van der Waals surface area contributed by atoms with E-state index in [4.69, 9.17) is 4.74 Å². The molecule has 3 rings (SSSR count).